The van der Waals surface area contributed by atoms with Gasteiger partial charge >= 0.3 is 0 Å². The van der Waals surface area contributed by atoms with Crippen LogP contribution in [0.2, 0.25) is 5.02 Å². The van der Waals surface area contributed by atoms with Gasteiger partial charge in [-0.1, -0.05) is 36.6 Å². The van der Waals surface area contributed by atoms with E-state index in [1.165, 1.54) is 0 Å². The van der Waals surface area contributed by atoms with Crippen molar-refractivity contribution in [2.75, 3.05) is 0 Å². The molecule has 0 saturated heterocycles. The van der Waals surface area contributed by atoms with Gasteiger partial charge in [-0.05, 0) is 30.5 Å². The van der Waals surface area contributed by atoms with Gasteiger partial charge in [0.2, 0.25) is 0 Å². The summed E-state index contributed by atoms with van der Waals surface area (Å²) in [6, 6.07) is 7.27. The fourth-order valence-electron chi connectivity index (χ4n) is 2.28. The smallest absolute Gasteiger partial charge is 0.0969 e. The Morgan fingerprint density at radius 1 is 1.20 bits per heavy atom. The van der Waals surface area contributed by atoms with Gasteiger partial charge in [0, 0.05) is 10.6 Å². The molecule has 2 nitrogen and oxygen atoms in total. The number of hydrogen-bond donors (Lipinski definition) is 2. The van der Waals surface area contributed by atoms with Crippen LogP contribution in [0.3, 0.4) is 0 Å². The van der Waals surface area contributed by atoms with E-state index in [9.17, 15) is 5.11 Å². The van der Waals surface area contributed by atoms with Crippen LogP contribution in [-0.4, -0.2) is 10.6 Å². The zero-order valence-electron chi connectivity index (χ0n) is 8.62. The van der Waals surface area contributed by atoms with Crippen LogP contribution >= 0.6 is 11.6 Å². The average molecular weight is 226 g/mol. The van der Waals surface area contributed by atoms with Crippen LogP contribution in [0, 0.1) is 0 Å². The molecule has 0 bridgehead atoms. The Morgan fingerprint density at radius 3 is 2.27 bits per heavy atom. The first-order valence-electron chi connectivity index (χ1n) is 5.34. The fraction of sp³-hybridized carbons (Fsp3) is 0.500. The highest BCUT2D eigenvalue weighted by molar-refractivity contribution is 6.30. The van der Waals surface area contributed by atoms with Gasteiger partial charge in [0.15, 0.2) is 0 Å². The predicted molar refractivity (Wildman–Crippen MR) is 61.8 cm³/mol. The van der Waals surface area contributed by atoms with Gasteiger partial charge < -0.3 is 10.8 Å². The highest BCUT2D eigenvalue weighted by Crippen LogP contribution is 2.37. The van der Waals surface area contributed by atoms with Gasteiger partial charge in [0.05, 0.1) is 6.10 Å². The maximum absolute atomic E-state index is 10.2. The lowest BCUT2D eigenvalue weighted by Gasteiger charge is -2.30. The molecule has 0 heterocycles. The highest BCUT2D eigenvalue weighted by atomic mass is 35.5. The lowest BCUT2D eigenvalue weighted by Crippen LogP contribution is -2.42. The molecule has 15 heavy (non-hydrogen) atoms. The summed E-state index contributed by atoms with van der Waals surface area (Å²) in [5, 5.41) is 10.9. The zero-order valence-corrected chi connectivity index (χ0v) is 9.37. The summed E-state index contributed by atoms with van der Waals surface area (Å²) < 4.78 is 0. The van der Waals surface area contributed by atoms with E-state index >= 15 is 0 Å². The van der Waals surface area contributed by atoms with Crippen molar-refractivity contribution >= 4 is 11.6 Å². The molecule has 0 radical (unpaired) electrons. The lowest BCUT2D eigenvalue weighted by molar-refractivity contribution is 0.0872. The quantitative estimate of drug-likeness (QED) is 0.813. The first kappa shape index (κ1) is 10.9. The van der Waals surface area contributed by atoms with Crippen LogP contribution < -0.4 is 5.73 Å². The molecule has 82 valence electrons. The molecular formula is C12H16ClNO. The van der Waals surface area contributed by atoms with Crippen molar-refractivity contribution in [2.45, 2.75) is 37.3 Å². The van der Waals surface area contributed by atoms with Gasteiger partial charge in [0.1, 0.15) is 0 Å². The molecule has 0 aromatic heterocycles. The summed E-state index contributed by atoms with van der Waals surface area (Å²) in [4.78, 5) is 0. The van der Waals surface area contributed by atoms with Gasteiger partial charge in [-0.3, -0.25) is 0 Å². The molecule has 0 aliphatic heterocycles. The van der Waals surface area contributed by atoms with Crippen molar-refractivity contribution in [3.05, 3.63) is 34.9 Å². The highest BCUT2D eigenvalue weighted by Gasteiger charge is 2.37. The molecule has 1 fully saturated rings. The Balaban J connectivity index is 2.19. The molecule has 1 aromatic rings. The Bertz CT molecular complexity index is 330. The van der Waals surface area contributed by atoms with Crippen LogP contribution in [-0.2, 0) is 0 Å². The first-order valence-corrected chi connectivity index (χ1v) is 5.72. The number of benzene rings is 1. The normalized spacial score (nSPS) is 21.5. The van der Waals surface area contributed by atoms with E-state index in [0.717, 1.165) is 31.2 Å². The van der Waals surface area contributed by atoms with Gasteiger partial charge in [-0.15, -0.1) is 0 Å². The minimum atomic E-state index is -0.572. The summed E-state index contributed by atoms with van der Waals surface area (Å²) >= 11 is 5.80. The maximum atomic E-state index is 10.2. The summed E-state index contributed by atoms with van der Waals surface area (Å²) in [6.45, 7) is 0. The molecule has 1 aromatic carbocycles. The number of nitrogens with two attached hydrogens (primary N) is 1. The summed E-state index contributed by atoms with van der Waals surface area (Å²) in [6.07, 6.45) is 3.45. The van der Waals surface area contributed by atoms with E-state index in [0.29, 0.717) is 5.02 Å². The average Bonchev–Trinajstić information content (AvgIpc) is 2.67. The molecule has 3 N–H and O–H groups in total. The molecule has 0 amide bonds. The third-order valence-corrected chi connectivity index (χ3v) is 3.52. The third kappa shape index (κ3) is 2.17. The van der Waals surface area contributed by atoms with Crippen molar-refractivity contribution in [1.82, 2.24) is 0 Å². The van der Waals surface area contributed by atoms with Crippen molar-refractivity contribution in [1.29, 1.82) is 0 Å². The van der Waals surface area contributed by atoms with Gasteiger partial charge in [-0.2, -0.15) is 0 Å². The summed E-state index contributed by atoms with van der Waals surface area (Å²) in [5.41, 5.74) is 6.62. The largest absolute Gasteiger partial charge is 0.386 e. The second-order valence-corrected chi connectivity index (χ2v) is 4.83. The van der Waals surface area contributed by atoms with Crippen LogP contribution in [0.4, 0.5) is 0 Å². The molecule has 1 aliphatic carbocycles. The molecule has 0 spiro atoms. The topological polar surface area (TPSA) is 46.2 Å². The summed E-state index contributed by atoms with van der Waals surface area (Å²) in [7, 11) is 0. The van der Waals surface area contributed by atoms with Crippen molar-refractivity contribution < 1.29 is 5.11 Å². The van der Waals surface area contributed by atoms with Crippen molar-refractivity contribution in [2.24, 2.45) is 5.73 Å². The van der Waals surface area contributed by atoms with E-state index in [1.54, 1.807) is 12.1 Å². The van der Waals surface area contributed by atoms with Crippen molar-refractivity contribution in [3.63, 3.8) is 0 Å². The molecule has 2 rings (SSSR count). The van der Waals surface area contributed by atoms with Crippen LogP contribution in [0.25, 0.3) is 0 Å². The fourth-order valence-corrected chi connectivity index (χ4v) is 2.41. The SMILES string of the molecule is NC1(C(O)c2ccc(Cl)cc2)CCCC1. The second kappa shape index (κ2) is 4.12. The molecular weight excluding hydrogens is 210 g/mol. The van der Waals surface area contributed by atoms with Crippen LogP contribution in [0.5, 0.6) is 0 Å². The van der Waals surface area contributed by atoms with E-state index in [4.69, 9.17) is 17.3 Å². The van der Waals surface area contributed by atoms with Crippen LogP contribution in [0.1, 0.15) is 37.4 Å². The molecule has 1 saturated carbocycles. The standard InChI is InChI=1S/C12H16ClNO/c13-10-5-3-9(4-6-10)11(15)12(14)7-1-2-8-12/h3-6,11,15H,1-2,7-8,14H2. The minimum Gasteiger partial charge on any atom is -0.386 e. The molecule has 3 heteroatoms. The zero-order chi connectivity index (χ0) is 10.9. The lowest BCUT2D eigenvalue weighted by atomic mass is 9.87. The monoisotopic (exact) mass is 225 g/mol. The Hall–Kier alpha value is -0.570. The number of hydrogen-bond acceptors (Lipinski definition) is 2. The van der Waals surface area contributed by atoms with Crippen molar-refractivity contribution in [3.8, 4) is 0 Å². The minimum absolute atomic E-state index is 0.437. The Morgan fingerprint density at radius 2 is 1.73 bits per heavy atom. The molecule has 1 atom stereocenters. The second-order valence-electron chi connectivity index (χ2n) is 4.39. The van der Waals surface area contributed by atoms with E-state index in [-0.39, 0.29) is 0 Å². The number of aliphatic hydroxyl groups excluding tert-OH is 1. The predicted octanol–water partition coefficient (Wildman–Crippen LogP) is 2.64. The summed E-state index contributed by atoms with van der Waals surface area (Å²) in [5.74, 6) is 0. The molecule has 1 aliphatic rings. The third-order valence-electron chi connectivity index (χ3n) is 3.26. The Kier molecular flexibility index (Phi) is 3.01. The van der Waals surface area contributed by atoms with Gasteiger partial charge in [-0.25, -0.2) is 0 Å². The molecule has 1 unspecified atom stereocenters. The van der Waals surface area contributed by atoms with E-state index in [2.05, 4.69) is 0 Å². The number of halogens is 1. The van der Waals surface area contributed by atoms with E-state index < -0.39 is 11.6 Å². The number of aliphatic hydroxyl groups is 1. The Labute approximate surface area is 95.1 Å². The maximum Gasteiger partial charge on any atom is 0.0969 e. The van der Waals surface area contributed by atoms with Crippen LogP contribution in [0.15, 0.2) is 24.3 Å². The first-order chi connectivity index (χ1) is 7.12. The number of rotatable bonds is 2. The van der Waals surface area contributed by atoms with Gasteiger partial charge in [0.25, 0.3) is 0 Å². The van der Waals surface area contributed by atoms with E-state index in [1.807, 2.05) is 12.1 Å².